The maximum atomic E-state index is 11.6. The lowest BCUT2D eigenvalue weighted by molar-refractivity contribution is -0.384. The van der Waals surface area contributed by atoms with Gasteiger partial charge in [0, 0.05) is 55.1 Å². The predicted octanol–water partition coefficient (Wildman–Crippen LogP) is 7.68. The molecule has 0 spiro atoms. The van der Waals surface area contributed by atoms with Gasteiger partial charge in [0.2, 0.25) is 0 Å². The molecular weight excluding hydrogens is 410 g/mol. The van der Waals surface area contributed by atoms with Crippen LogP contribution < -0.4 is 0 Å². The van der Waals surface area contributed by atoms with Gasteiger partial charge in [-0.05, 0) is 47.3 Å². The molecule has 0 aliphatic rings. The van der Waals surface area contributed by atoms with Crippen LogP contribution in [0.1, 0.15) is 0 Å². The summed E-state index contributed by atoms with van der Waals surface area (Å²) in [6.07, 6.45) is 0. The van der Waals surface area contributed by atoms with Gasteiger partial charge in [-0.3, -0.25) is 10.1 Å². The van der Waals surface area contributed by atoms with Crippen molar-refractivity contribution in [2.24, 2.45) is 0 Å². The SMILES string of the molecule is O=[N+]([O-])c1ccccc1-c1ccc2[nH]c3ccc4ccc5[nH]c6ccccc6c5c4c3c2c1. The van der Waals surface area contributed by atoms with Gasteiger partial charge < -0.3 is 9.97 Å². The van der Waals surface area contributed by atoms with Crippen molar-refractivity contribution < 1.29 is 4.92 Å². The summed E-state index contributed by atoms with van der Waals surface area (Å²) in [5.41, 5.74) is 5.83. The van der Waals surface area contributed by atoms with E-state index >= 15 is 0 Å². The highest BCUT2D eigenvalue weighted by atomic mass is 16.6. The van der Waals surface area contributed by atoms with Gasteiger partial charge in [0.05, 0.1) is 10.5 Å². The molecule has 5 nitrogen and oxygen atoms in total. The number of benzene rings is 5. The molecule has 33 heavy (non-hydrogen) atoms. The number of aromatic amines is 2. The number of H-pyrrole nitrogens is 2. The van der Waals surface area contributed by atoms with Crippen molar-refractivity contribution in [3.63, 3.8) is 0 Å². The number of nitrogens with zero attached hydrogens (tertiary/aromatic N) is 1. The molecular formula is C28H17N3O2. The number of nitro groups is 1. The minimum atomic E-state index is -0.320. The smallest absolute Gasteiger partial charge is 0.277 e. The first kappa shape index (κ1) is 18.0. The Balaban J connectivity index is 1.65. The Labute approximate surface area is 187 Å². The molecule has 7 rings (SSSR count). The lowest BCUT2D eigenvalue weighted by Gasteiger charge is -2.06. The molecule has 0 fully saturated rings. The van der Waals surface area contributed by atoms with E-state index in [1.54, 1.807) is 12.1 Å². The summed E-state index contributed by atoms with van der Waals surface area (Å²) in [7, 11) is 0. The number of nitro benzene ring substituents is 1. The fourth-order valence-electron chi connectivity index (χ4n) is 5.19. The molecule has 5 aromatic carbocycles. The topological polar surface area (TPSA) is 74.7 Å². The van der Waals surface area contributed by atoms with Crippen LogP contribution in [-0.4, -0.2) is 14.9 Å². The maximum absolute atomic E-state index is 11.6. The van der Waals surface area contributed by atoms with Gasteiger partial charge in [0.25, 0.3) is 5.69 Å². The number of hydrogen-bond donors (Lipinski definition) is 2. The fourth-order valence-corrected chi connectivity index (χ4v) is 5.19. The van der Waals surface area contributed by atoms with Crippen molar-refractivity contribution in [2.45, 2.75) is 0 Å². The Bertz CT molecular complexity index is 1900. The fraction of sp³-hybridized carbons (Fsp3) is 0. The Hall–Kier alpha value is -4.64. The van der Waals surface area contributed by atoms with E-state index in [-0.39, 0.29) is 10.6 Å². The number of para-hydroxylation sites is 2. The molecule has 5 heteroatoms. The van der Waals surface area contributed by atoms with Crippen molar-refractivity contribution in [2.75, 3.05) is 0 Å². The van der Waals surface area contributed by atoms with Crippen molar-refractivity contribution in [1.82, 2.24) is 9.97 Å². The van der Waals surface area contributed by atoms with Crippen LogP contribution in [0.25, 0.3) is 65.5 Å². The van der Waals surface area contributed by atoms with Gasteiger partial charge in [-0.25, -0.2) is 0 Å². The van der Waals surface area contributed by atoms with Gasteiger partial charge in [-0.1, -0.05) is 48.5 Å². The zero-order chi connectivity index (χ0) is 22.1. The second-order valence-electron chi connectivity index (χ2n) is 8.40. The Kier molecular flexibility index (Phi) is 3.51. The summed E-state index contributed by atoms with van der Waals surface area (Å²) in [6.45, 7) is 0. The average molecular weight is 427 g/mol. The number of hydrogen-bond acceptors (Lipinski definition) is 2. The van der Waals surface area contributed by atoms with Crippen LogP contribution >= 0.6 is 0 Å². The minimum absolute atomic E-state index is 0.112. The molecule has 0 unspecified atom stereocenters. The van der Waals surface area contributed by atoms with Crippen molar-refractivity contribution in [3.8, 4) is 11.1 Å². The maximum Gasteiger partial charge on any atom is 0.277 e. The van der Waals surface area contributed by atoms with Gasteiger partial charge in [0.15, 0.2) is 0 Å². The monoisotopic (exact) mass is 427 g/mol. The molecule has 2 aromatic heterocycles. The second-order valence-corrected chi connectivity index (χ2v) is 8.40. The van der Waals surface area contributed by atoms with E-state index in [2.05, 4.69) is 58.5 Å². The van der Waals surface area contributed by atoms with Crippen LogP contribution in [-0.2, 0) is 0 Å². The highest BCUT2D eigenvalue weighted by Crippen LogP contribution is 2.41. The molecule has 0 aliphatic heterocycles. The Morgan fingerprint density at radius 2 is 1.24 bits per heavy atom. The minimum Gasteiger partial charge on any atom is -0.354 e. The first-order valence-electron chi connectivity index (χ1n) is 10.8. The molecule has 0 saturated heterocycles. The highest BCUT2D eigenvalue weighted by molar-refractivity contribution is 6.32. The predicted molar refractivity (Wildman–Crippen MR) is 135 cm³/mol. The van der Waals surface area contributed by atoms with Crippen LogP contribution in [0.2, 0.25) is 0 Å². The van der Waals surface area contributed by atoms with E-state index in [4.69, 9.17) is 0 Å². The third kappa shape index (κ3) is 2.47. The molecule has 0 atom stereocenters. The molecule has 0 saturated carbocycles. The third-order valence-corrected chi connectivity index (χ3v) is 6.62. The summed E-state index contributed by atoms with van der Waals surface area (Å²) in [4.78, 5) is 18.4. The van der Waals surface area contributed by atoms with Gasteiger partial charge >= 0.3 is 0 Å². The average Bonchev–Trinajstić information content (AvgIpc) is 3.41. The summed E-state index contributed by atoms with van der Waals surface area (Å²) in [5.74, 6) is 0. The molecule has 2 heterocycles. The van der Waals surface area contributed by atoms with Crippen LogP contribution in [0.15, 0.2) is 91.0 Å². The lowest BCUT2D eigenvalue weighted by atomic mass is 9.96. The zero-order valence-electron chi connectivity index (χ0n) is 17.4. The van der Waals surface area contributed by atoms with E-state index in [0.29, 0.717) is 5.56 Å². The summed E-state index contributed by atoms with van der Waals surface area (Å²) >= 11 is 0. The molecule has 0 amide bonds. The van der Waals surface area contributed by atoms with E-state index in [1.165, 1.54) is 16.2 Å². The molecule has 156 valence electrons. The highest BCUT2D eigenvalue weighted by Gasteiger charge is 2.17. The number of fused-ring (bicyclic) bond motifs is 9. The van der Waals surface area contributed by atoms with E-state index in [1.807, 2.05) is 30.3 Å². The standard InChI is InChI=1S/C28H17N3O2/c32-31(33)25-8-4-2-5-18(25)17-11-12-22-20(15-17)28-24(30-22)14-10-16-9-13-23-27(26(16)28)19-6-1-3-7-21(19)29-23/h1-15,29-30H. The second kappa shape index (κ2) is 6.43. The van der Waals surface area contributed by atoms with Gasteiger partial charge in [-0.15, -0.1) is 0 Å². The van der Waals surface area contributed by atoms with E-state index in [9.17, 15) is 10.1 Å². The first-order chi connectivity index (χ1) is 16.2. The molecule has 0 radical (unpaired) electrons. The molecule has 0 aliphatic carbocycles. The summed E-state index contributed by atoms with van der Waals surface area (Å²) < 4.78 is 0. The quantitative estimate of drug-likeness (QED) is 0.219. The van der Waals surface area contributed by atoms with Crippen LogP contribution in [0.4, 0.5) is 5.69 Å². The van der Waals surface area contributed by atoms with Gasteiger partial charge in [0.1, 0.15) is 0 Å². The van der Waals surface area contributed by atoms with Gasteiger partial charge in [-0.2, -0.15) is 0 Å². The third-order valence-electron chi connectivity index (χ3n) is 6.62. The first-order valence-corrected chi connectivity index (χ1v) is 10.8. The van der Waals surface area contributed by atoms with Crippen molar-refractivity contribution in [3.05, 3.63) is 101 Å². The zero-order valence-corrected chi connectivity index (χ0v) is 17.4. The lowest BCUT2D eigenvalue weighted by Crippen LogP contribution is -1.91. The number of nitrogens with one attached hydrogen (secondary N) is 2. The van der Waals surface area contributed by atoms with Crippen LogP contribution in [0.3, 0.4) is 0 Å². The van der Waals surface area contributed by atoms with Crippen molar-refractivity contribution >= 4 is 60.1 Å². The van der Waals surface area contributed by atoms with Crippen molar-refractivity contribution in [1.29, 1.82) is 0 Å². The summed E-state index contributed by atoms with van der Waals surface area (Å²) in [5, 5.41) is 18.6. The largest absolute Gasteiger partial charge is 0.354 e. The number of aromatic nitrogens is 2. The van der Waals surface area contributed by atoms with E-state index < -0.39 is 0 Å². The Morgan fingerprint density at radius 3 is 2.03 bits per heavy atom. The van der Waals surface area contributed by atoms with Crippen LogP contribution in [0, 0.1) is 10.1 Å². The van der Waals surface area contributed by atoms with Crippen LogP contribution in [0.5, 0.6) is 0 Å². The molecule has 7 aromatic rings. The Morgan fingerprint density at radius 1 is 0.606 bits per heavy atom. The van der Waals surface area contributed by atoms with E-state index in [0.717, 1.165) is 43.8 Å². The normalized spacial score (nSPS) is 11.9. The summed E-state index contributed by atoms with van der Waals surface area (Å²) in [6, 6.07) is 29.9. The molecule has 0 bridgehead atoms. The number of rotatable bonds is 2. The molecule has 2 N–H and O–H groups in total.